The lowest BCUT2D eigenvalue weighted by molar-refractivity contribution is -0.164. The molecule has 2 unspecified atom stereocenters. The highest BCUT2D eigenvalue weighted by Crippen LogP contribution is 2.47. The molecule has 0 aliphatic carbocycles. The zero-order valence-electron chi connectivity index (χ0n) is 16.9. The summed E-state index contributed by atoms with van der Waals surface area (Å²) in [6.07, 6.45) is 0.729. The van der Waals surface area contributed by atoms with E-state index in [2.05, 4.69) is 0 Å². The Kier molecular flexibility index (Phi) is 5.36. The fourth-order valence-corrected chi connectivity index (χ4v) is 4.81. The number of aryl methyl sites for hydroxylation is 1. The lowest BCUT2D eigenvalue weighted by Crippen LogP contribution is -2.52. The third kappa shape index (κ3) is 3.33. The number of benzene rings is 2. The van der Waals surface area contributed by atoms with Gasteiger partial charge in [0.05, 0.1) is 6.61 Å². The second-order valence-electron chi connectivity index (χ2n) is 8.08. The van der Waals surface area contributed by atoms with Crippen LogP contribution in [0.2, 0.25) is 5.02 Å². The molecule has 152 valence electrons. The van der Waals surface area contributed by atoms with E-state index in [1.807, 2.05) is 56.3 Å². The van der Waals surface area contributed by atoms with E-state index in [9.17, 15) is 9.59 Å². The molecule has 0 radical (unpaired) electrons. The topological polar surface area (TPSA) is 52.6 Å². The molecule has 29 heavy (non-hydrogen) atoms. The number of carbonyl (C=O) groups is 2. The van der Waals surface area contributed by atoms with Crippen LogP contribution in [0.25, 0.3) is 11.1 Å². The first-order valence-corrected chi connectivity index (χ1v) is 10.4. The molecule has 2 saturated heterocycles. The first-order valence-electron chi connectivity index (χ1n) is 10.0. The average Bonchev–Trinajstić information content (AvgIpc) is 3.03. The zero-order chi connectivity index (χ0) is 20.8. The highest BCUT2D eigenvalue weighted by molar-refractivity contribution is 6.30. The largest absolute Gasteiger partial charge is 0.384 e. The summed E-state index contributed by atoms with van der Waals surface area (Å²) in [6, 6.07) is 13.6. The highest BCUT2D eigenvalue weighted by Gasteiger charge is 2.60. The van der Waals surface area contributed by atoms with Crippen LogP contribution < -0.4 is 0 Å². The van der Waals surface area contributed by atoms with E-state index in [4.69, 9.17) is 21.1 Å². The maximum absolute atomic E-state index is 13.5. The normalized spacial score (nSPS) is 28.8. The Bertz CT molecular complexity index is 952. The second kappa shape index (κ2) is 7.67. The van der Waals surface area contributed by atoms with E-state index in [0.29, 0.717) is 18.1 Å². The van der Waals surface area contributed by atoms with Gasteiger partial charge in [-0.25, -0.2) is 0 Å². The van der Waals surface area contributed by atoms with Gasteiger partial charge in [0.25, 0.3) is 0 Å². The van der Waals surface area contributed by atoms with E-state index in [1.165, 1.54) is 0 Å². The number of hydrogen-bond acceptors (Lipinski definition) is 4. The molecule has 4 nitrogen and oxygen atoms in total. The fraction of sp³-hybridized carbons (Fsp3) is 0.417. The quantitative estimate of drug-likeness (QED) is 0.672. The zero-order valence-corrected chi connectivity index (χ0v) is 17.7. The summed E-state index contributed by atoms with van der Waals surface area (Å²) >= 11 is 6.02. The molecule has 0 N–H and O–H groups in total. The summed E-state index contributed by atoms with van der Waals surface area (Å²) in [5, 5.41) is 0.669. The highest BCUT2D eigenvalue weighted by atomic mass is 35.5. The van der Waals surface area contributed by atoms with Crippen LogP contribution in [0, 0.1) is 5.92 Å². The molecule has 0 spiro atoms. The smallest absolute Gasteiger partial charge is 0.179 e. The lowest BCUT2D eigenvalue weighted by atomic mass is 9.76. The molecule has 2 bridgehead atoms. The van der Waals surface area contributed by atoms with Crippen molar-refractivity contribution in [2.45, 2.75) is 44.3 Å². The lowest BCUT2D eigenvalue weighted by Gasteiger charge is -2.36. The van der Waals surface area contributed by atoms with Crippen molar-refractivity contribution in [3.8, 4) is 11.1 Å². The molecule has 0 saturated carbocycles. The van der Waals surface area contributed by atoms with Crippen LogP contribution in [0.1, 0.15) is 37.3 Å². The van der Waals surface area contributed by atoms with Crippen molar-refractivity contribution >= 4 is 23.2 Å². The Hall–Kier alpha value is -2.01. The second-order valence-corrected chi connectivity index (χ2v) is 8.51. The monoisotopic (exact) mass is 412 g/mol. The Morgan fingerprint density at radius 3 is 2.48 bits per heavy atom. The molecular formula is C24H25ClO4. The van der Waals surface area contributed by atoms with Crippen LogP contribution in [-0.4, -0.2) is 37.0 Å². The standard InChI is InChI=1S/C24H25ClO4/c1-4-14-5-6-16(15-7-9-18(25)10-8-15)11-19(14)21-22(26)20-12-17(13-28-3)24(2,29-20)23(21)27/h5-11,17,20-21H,4,12-13H2,1-3H3/t17?,20-,21?,24+/m0/s1. The first kappa shape index (κ1) is 20.3. The number of fused-ring (bicyclic) bond motifs is 2. The number of carbonyl (C=O) groups excluding carboxylic acids is 2. The van der Waals surface area contributed by atoms with Crippen molar-refractivity contribution in [2.24, 2.45) is 5.92 Å². The molecule has 2 fully saturated rings. The van der Waals surface area contributed by atoms with Gasteiger partial charge in [-0.3, -0.25) is 9.59 Å². The summed E-state index contributed by atoms with van der Waals surface area (Å²) in [7, 11) is 1.61. The maximum atomic E-state index is 13.5. The number of halogens is 1. The molecular weight excluding hydrogens is 388 g/mol. The van der Waals surface area contributed by atoms with Crippen LogP contribution in [-0.2, 0) is 25.5 Å². The van der Waals surface area contributed by atoms with Crippen LogP contribution in [0.5, 0.6) is 0 Å². The summed E-state index contributed by atoms with van der Waals surface area (Å²) in [6.45, 7) is 4.26. The Morgan fingerprint density at radius 1 is 1.14 bits per heavy atom. The number of Topliss-reactive ketones (excluding diaryl/α,β-unsaturated/α-hetero) is 2. The van der Waals surface area contributed by atoms with Gasteiger partial charge in [-0.05, 0) is 60.2 Å². The predicted octanol–water partition coefficient (Wildman–Crippen LogP) is 4.62. The van der Waals surface area contributed by atoms with Crippen LogP contribution >= 0.6 is 11.6 Å². The predicted molar refractivity (Wildman–Crippen MR) is 112 cm³/mol. The van der Waals surface area contributed by atoms with Gasteiger partial charge in [0.2, 0.25) is 0 Å². The van der Waals surface area contributed by atoms with Gasteiger partial charge in [-0.15, -0.1) is 0 Å². The van der Waals surface area contributed by atoms with Gasteiger partial charge in [0.1, 0.15) is 17.6 Å². The molecule has 4 rings (SSSR count). The average molecular weight is 413 g/mol. The van der Waals surface area contributed by atoms with Crippen molar-refractivity contribution in [3.05, 3.63) is 58.6 Å². The molecule has 2 aromatic rings. The van der Waals surface area contributed by atoms with Gasteiger partial charge in [0, 0.05) is 18.1 Å². The van der Waals surface area contributed by atoms with Crippen LogP contribution in [0.3, 0.4) is 0 Å². The number of rotatable bonds is 5. The molecule has 2 aliphatic rings. The molecule has 0 amide bonds. The molecule has 5 heteroatoms. The van der Waals surface area contributed by atoms with Gasteiger partial charge >= 0.3 is 0 Å². The van der Waals surface area contributed by atoms with Crippen LogP contribution in [0.4, 0.5) is 0 Å². The van der Waals surface area contributed by atoms with E-state index in [1.54, 1.807) is 7.11 Å². The molecule has 0 aromatic heterocycles. The molecule has 2 aromatic carbocycles. The van der Waals surface area contributed by atoms with Crippen molar-refractivity contribution < 1.29 is 19.1 Å². The summed E-state index contributed by atoms with van der Waals surface area (Å²) in [5.74, 6) is -1.18. The minimum Gasteiger partial charge on any atom is -0.384 e. The SMILES string of the molecule is CCc1ccc(-c2ccc(Cl)cc2)cc1C1C(=O)[C@@H]2CC(COC)[C@@](C)(O2)C1=O. The maximum Gasteiger partial charge on any atom is 0.179 e. The van der Waals surface area contributed by atoms with Crippen LogP contribution in [0.15, 0.2) is 42.5 Å². The van der Waals surface area contributed by atoms with Gasteiger partial charge in [-0.1, -0.05) is 42.8 Å². The van der Waals surface area contributed by atoms with E-state index in [-0.39, 0.29) is 17.5 Å². The Morgan fingerprint density at radius 2 is 1.83 bits per heavy atom. The summed E-state index contributed by atoms with van der Waals surface area (Å²) < 4.78 is 11.2. The third-order valence-corrected chi connectivity index (χ3v) is 6.65. The molecule has 2 heterocycles. The van der Waals surface area contributed by atoms with Crippen molar-refractivity contribution in [2.75, 3.05) is 13.7 Å². The van der Waals surface area contributed by atoms with Crippen molar-refractivity contribution in [1.29, 1.82) is 0 Å². The number of hydrogen-bond donors (Lipinski definition) is 0. The molecule has 2 aliphatic heterocycles. The Balaban J connectivity index is 1.79. The Labute approximate surface area is 176 Å². The van der Waals surface area contributed by atoms with Crippen molar-refractivity contribution in [3.63, 3.8) is 0 Å². The first-order chi connectivity index (χ1) is 13.9. The minimum absolute atomic E-state index is 0.108. The van der Waals surface area contributed by atoms with E-state index in [0.717, 1.165) is 28.7 Å². The van der Waals surface area contributed by atoms with Gasteiger partial charge in [-0.2, -0.15) is 0 Å². The van der Waals surface area contributed by atoms with E-state index < -0.39 is 17.6 Å². The van der Waals surface area contributed by atoms with E-state index >= 15 is 0 Å². The number of ketones is 2. The summed E-state index contributed by atoms with van der Waals surface area (Å²) in [5.41, 5.74) is 2.79. The van der Waals surface area contributed by atoms with Gasteiger partial charge < -0.3 is 9.47 Å². The number of methoxy groups -OCH3 is 1. The number of ether oxygens (including phenoxy) is 2. The fourth-order valence-electron chi connectivity index (χ4n) is 4.69. The van der Waals surface area contributed by atoms with Crippen molar-refractivity contribution in [1.82, 2.24) is 0 Å². The minimum atomic E-state index is -0.986. The molecule has 4 atom stereocenters. The summed E-state index contributed by atoms with van der Waals surface area (Å²) in [4.78, 5) is 26.8. The van der Waals surface area contributed by atoms with Gasteiger partial charge in [0.15, 0.2) is 11.6 Å². The third-order valence-electron chi connectivity index (χ3n) is 6.40.